The van der Waals surface area contributed by atoms with Gasteiger partial charge in [-0.3, -0.25) is 14.2 Å². The molecule has 2 heterocycles. The molecule has 1 unspecified atom stereocenters. The molecule has 242 valence electrons. The van der Waals surface area contributed by atoms with Crippen molar-refractivity contribution in [2.75, 3.05) is 25.6 Å². The average molecular weight is 666 g/mol. The summed E-state index contributed by atoms with van der Waals surface area (Å²) in [5.74, 6) is -0.970. The standard InChI is InChI=1S/C32H35N5O7S2/c1-7-43-30(40)25-19(4)26(31(41)44-8-2)46-29(25)34-27(38)20(5)45-32-36-35-24(37(32)22-13-9-11-18(3)15-22)17-33-28(39)21-12-10-14-23(16-21)42-6/h9-16,20H,7-8,17H2,1-6H3,(H,33,39)(H,34,38). The van der Waals surface area contributed by atoms with Crippen LogP contribution in [0.15, 0.2) is 53.7 Å². The lowest BCUT2D eigenvalue weighted by Crippen LogP contribution is -2.25. The summed E-state index contributed by atoms with van der Waals surface area (Å²) in [6.45, 7) is 8.96. The summed E-state index contributed by atoms with van der Waals surface area (Å²) in [5.41, 5.74) is 2.66. The van der Waals surface area contributed by atoms with E-state index in [1.807, 2.05) is 31.2 Å². The van der Waals surface area contributed by atoms with Gasteiger partial charge in [-0.25, -0.2) is 9.59 Å². The number of benzene rings is 2. The first-order chi connectivity index (χ1) is 22.1. The van der Waals surface area contributed by atoms with E-state index in [2.05, 4.69) is 20.8 Å². The Kier molecular flexibility index (Phi) is 11.6. The smallest absolute Gasteiger partial charge is 0.348 e. The normalized spacial score (nSPS) is 11.4. The van der Waals surface area contributed by atoms with Crippen molar-refractivity contribution >= 4 is 51.9 Å². The molecule has 0 radical (unpaired) electrons. The van der Waals surface area contributed by atoms with Crippen LogP contribution in [-0.4, -0.2) is 64.1 Å². The van der Waals surface area contributed by atoms with Gasteiger partial charge in [0.05, 0.1) is 37.7 Å². The van der Waals surface area contributed by atoms with Crippen LogP contribution in [0.25, 0.3) is 5.69 Å². The summed E-state index contributed by atoms with van der Waals surface area (Å²) in [7, 11) is 1.53. The second-order valence-corrected chi connectivity index (χ2v) is 12.3. The summed E-state index contributed by atoms with van der Waals surface area (Å²) >= 11 is 2.11. The lowest BCUT2D eigenvalue weighted by Gasteiger charge is -2.15. The third kappa shape index (κ3) is 7.93. The van der Waals surface area contributed by atoms with E-state index in [0.29, 0.717) is 27.9 Å². The number of thioether (sulfide) groups is 1. The van der Waals surface area contributed by atoms with E-state index < -0.39 is 23.1 Å². The molecule has 12 nitrogen and oxygen atoms in total. The number of hydrogen-bond acceptors (Lipinski definition) is 11. The van der Waals surface area contributed by atoms with Crippen LogP contribution in [-0.2, 0) is 20.8 Å². The molecule has 0 saturated heterocycles. The van der Waals surface area contributed by atoms with E-state index in [4.69, 9.17) is 14.2 Å². The van der Waals surface area contributed by atoms with Crippen molar-refractivity contribution in [2.24, 2.45) is 0 Å². The number of ether oxygens (including phenoxy) is 3. The van der Waals surface area contributed by atoms with Gasteiger partial charge in [0.1, 0.15) is 15.6 Å². The summed E-state index contributed by atoms with van der Waals surface area (Å²) in [6, 6.07) is 14.5. The molecule has 0 spiro atoms. The third-order valence-electron chi connectivity index (χ3n) is 6.67. The first-order valence-electron chi connectivity index (χ1n) is 14.5. The van der Waals surface area contributed by atoms with Gasteiger partial charge in [0.15, 0.2) is 11.0 Å². The minimum Gasteiger partial charge on any atom is -0.497 e. The number of thiophene rings is 1. The van der Waals surface area contributed by atoms with Crippen molar-refractivity contribution in [3.8, 4) is 11.4 Å². The SMILES string of the molecule is CCOC(=O)c1sc(NC(=O)C(C)Sc2nnc(CNC(=O)c3cccc(OC)c3)n2-c2cccc(C)c2)c(C(=O)OCC)c1C. The van der Waals surface area contributed by atoms with Crippen molar-refractivity contribution in [3.05, 3.63) is 81.5 Å². The number of esters is 2. The Balaban J connectivity index is 1.58. The second kappa shape index (κ2) is 15.5. The van der Waals surface area contributed by atoms with Crippen molar-refractivity contribution < 1.29 is 33.4 Å². The Morgan fingerprint density at radius 3 is 2.39 bits per heavy atom. The van der Waals surface area contributed by atoms with E-state index in [-0.39, 0.29) is 41.1 Å². The van der Waals surface area contributed by atoms with E-state index >= 15 is 0 Å². The molecular formula is C32H35N5O7S2. The highest BCUT2D eigenvalue weighted by Crippen LogP contribution is 2.35. The Morgan fingerprint density at radius 2 is 1.70 bits per heavy atom. The molecule has 2 aromatic heterocycles. The zero-order valence-electron chi connectivity index (χ0n) is 26.3. The topological polar surface area (TPSA) is 151 Å². The number of anilines is 1. The number of nitrogens with zero attached hydrogens (tertiary/aromatic N) is 3. The highest BCUT2D eigenvalue weighted by atomic mass is 32.2. The van der Waals surface area contributed by atoms with Crippen LogP contribution < -0.4 is 15.4 Å². The fraction of sp³-hybridized carbons (Fsp3) is 0.312. The molecule has 1 atom stereocenters. The Morgan fingerprint density at radius 1 is 0.978 bits per heavy atom. The first kappa shape index (κ1) is 34.2. The molecule has 2 amide bonds. The molecular weight excluding hydrogens is 631 g/mol. The van der Waals surface area contributed by atoms with Gasteiger partial charge in [-0.2, -0.15) is 0 Å². The molecule has 2 aromatic carbocycles. The van der Waals surface area contributed by atoms with Crippen LogP contribution in [0.3, 0.4) is 0 Å². The number of methoxy groups -OCH3 is 1. The molecule has 0 fully saturated rings. The molecule has 0 aliphatic heterocycles. The third-order valence-corrected chi connectivity index (χ3v) is 8.90. The van der Waals surface area contributed by atoms with Gasteiger partial charge in [-0.05, 0) is 76.1 Å². The van der Waals surface area contributed by atoms with Crippen molar-refractivity contribution in [2.45, 2.75) is 51.6 Å². The number of hydrogen-bond donors (Lipinski definition) is 2. The van der Waals surface area contributed by atoms with Gasteiger partial charge >= 0.3 is 11.9 Å². The maximum atomic E-state index is 13.5. The lowest BCUT2D eigenvalue weighted by molar-refractivity contribution is -0.115. The quantitative estimate of drug-likeness (QED) is 0.141. The molecule has 0 saturated carbocycles. The van der Waals surface area contributed by atoms with Gasteiger partial charge in [0.25, 0.3) is 5.91 Å². The number of aryl methyl sites for hydroxylation is 1. The molecule has 0 aliphatic rings. The number of carbonyl (C=O) groups is 4. The Labute approximate surface area is 274 Å². The summed E-state index contributed by atoms with van der Waals surface area (Å²) in [4.78, 5) is 52.0. The van der Waals surface area contributed by atoms with E-state index in [1.54, 1.807) is 56.5 Å². The molecule has 14 heteroatoms. The minimum atomic E-state index is -0.713. The molecule has 2 N–H and O–H groups in total. The maximum Gasteiger partial charge on any atom is 0.348 e. The summed E-state index contributed by atoms with van der Waals surface area (Å²) < 4.78 is 17.3. The van der Waals surface area contributed by atoms with Crippen molar-refractivity contribution in [3.63, 3.8) is 0 Å². The number of nitrogens with one attached hydrogen (secondary N) is 2. The number of carbonyl (C=O) groups excluding carboxylic acids is 4. The molecule has 4 aromatic rings. The zero-order valence-corrected chi connectivity index (χ0v) is 28.0. The molecule has 0 aliphatic carbocycles. The van der Waals surface area contributed by atoms with Crippen LogP contribution >= 0.6 is 23.1 Å². The van der Waals surface area contributed by atoms with E-state index in [1.165, 1.54) is 7.11 Å². The number of amides is 2. The van der Waals surface area contributed by atoms with E-state index in [0.717, 1.165) is 34.3 Å². The summed E-state index contributed by atoms with van der Waals surface area (Å²) in [6.07, 6.45) is 0. The number of rotatable bonds is 13. The molecule has 0 bridgehead atoms. The average Bonchev–Trinajstić information content (AvgIpc) is 3.59. The highest BCUT2D eigenvalue weighted by molar-refractivity contribution is 8.00. The first-order valence-corrected chi connectivity index (χ1v) is 16.2. The van der Waals surface area contributed by atoms with Gasteiger partial charge in [0, 0.05) is 11.3 Å². The fourth-order valence-electron chi connectivity index (χ4n) is 4.41. The Bertz CT molecular complexity index is 1750. The minimum absolute atomic E-state index is 0.0616. The van der Waals surface area contributed by atoms with Crippen molar-refractivity contribution in [1.29, 1.82) is 0 Å². The highest BCUT2D eigenvalue weighted by Gasteiger charge is 2.29. The Hall–Kier alpha value is -4.69. The predicted molar refractivity (Wildman–Crippen MR) is 175 cm³/mol. The predicted octanol–water partition coefficient (Wildman–Crippen LogP) is 5.36. The second-order valence-electron chi connectivity index (χ2n) is 9.94. The van der Waals surface area contributed by atoms with Gasteiger partial charge in [0.2, 0.25) is 5.91 Å². The number of aromatic nitrogens is 3. The molecule has 46 heavy (non-hydrogen) atoms. The van der Waals surface area contributed by atoms with Crippen LogP contribution in [0.2, 0.25) is 0 Å². The van der Waals surface area contributed by atoms with Crippen LogP contribution in [0.1, 0.15) is 68.1 Å². The van der Waals surface area contributed by atoms with Crippen LogP contribution in [0, 0.1) is 13.8 Å². The maximum absolute atomic E-state index is 13.5. The van der Waals surface area contributed by atoms with Gasteiger partial charge < -0.3 is 24.8 Å². The summed E-state index contributed by atoms with van der Waals surface area (Å²) in [5, 5.41) is 14.3. The largest absolute Gasteiger partial charge is 0.497 e. The lowest BCUT2D eigenvalue weighted by atomic mass is 10.1. The van der Waals surface area contributed by atoms with Gasteiger partial charge in [-0.15, -0.1) is 21.5 Å². The van der Waals surface area contributed by atoms with Crippen molar-refractivity contribution in [1.82, 2.24) is 20.1 Å². The molecule has 4 rings (SSSR count). The zero-order chi connectivity index (χ0) is 33.4. The fourth-order valence-corrected chi connectivity index (χ4v) is 6.39. The van der Waals surface area contributed by atoms with Crippen LogP contribution in [0.4, 0.5) is 5.00 Å². The van der Waals surface area contributed by atoms with E-state index in [9.17, 15) is 19.2 Å². The van der Waals surface area contributed by atoms with Gasteiger partial charge in [-0.1, -0.05) is 30.0 Å². The monoisotopic (exact) mass is 665 g/mol. The van der Waals surface area contributed by atoms with Crippen LogP contribution in [0.5, 0.6) is 5.75 Å².